The third-order valence-electron chi connectivity index (χ3n) is 4.84. The van der Waals surface area contributed by atoms with E-state index in [1.807, 2.05) is 24.3 Å². The molecule has 3 heteroatoms. The first kappa shape index (κ1) is 15.1. The lowest BCUT2D eigenvalue weighted by molar-refractivity contribution is 0.151. The molecule has 0 spiro atoms. The van der Waals surface area contributed by atoms with E-state index in [9.17, 15) is 5.11 Å². The first-order chi connectivity index (χ1) is 10.8. The van der Waals surface area contributed by atoms with Crippen LogP contribution in [0.1, 0.15) is 49.1 Å². The summed E-state index contributed by atoms with van der Waals surface area (Å²) in [4.78, 5) is 0. The monoisotopic (exact) mass is 294 g/mol. The van der Waals surface area contributed by atoms with Crippen LogP contribution in [-0.2, 0) is 0 Å². The van der Waals surface area contributed by atoms with Crippen LogP contribution in [0.3, 0.4) is 0 Å². The van der Waals surface area contributed by atoms with E-state index in [1.165, 1.54) is 32.1 Å². The highest BCUT2D eigenvalue weighted by molar-refractivity contribution is 5.40. The third kappa shape index (κ3) is 3.17. The van der Waals surface area contributed by atoms with Crippen LogP contribution in [0.25, 0.3) is 0 Å². The molecule has 2 N–H and O–H groups in total. The van der Waals surface area contributed by atoms with Gasteiger partial charge < -0.3 is 5.11 Å². The summed E-state index contributed by atoms with van der Waals surface area (Å²) in [5, 5.41) is 21.5. The van der Waals surface area contributed by atoms with Crippen LogP contribution in [0.15, 0.2) is 24.3 Å². The SMILES string of the molecule is N#C[C@@H]1N[C@@H](CO)[C@H]1c1ccc(C#CC2CCCCC2)cc1. The van der Waals surface area contributed by atoms with E-state index >= 15 is 0 Å². The van der Waals surface area contributed by atoms with Crippen molar-refractivity contribution in [3.8, 4) is 17.9 Å². The molecule has 3 rings (SSSR count). The molecule has 0 unspecified atom stereocenters. The van der Waals surface area contributed by atoms with E-state index in [1.54, 1.807) is 0 Å². The van der Waals surface area contributed by atoms with Crippen molar-refractivity contribution in [2.45, 2.75) is 50.1 Å². The van der Waals surface area contributed by atoms with Crippen molar-refractivity contribution < 1.29 is 5.11 Å². The predicted molar refractivity (Wildman–Crippen MR) is 86.0 cm³/mol. The Morgan fingerprint density at radius 2 is 1.86 bits per heavy atom. The second-order valence-corrected chi connectivity index (χ2v) is 6.31. The maximum absolute atomic E-state index is 9.32. The minimum absolute atomic E-state index is 0.0103. The molecule has 3 nitrogen and oxygen atoms in total. The van der Waals surface area contributed by atoms with Gasteiger partial charge in [0.25, 0.3) is 0 Å². The van der Waals surface area contributed by atoms with Gasteiger partial charge in [0.05, 0.1) is 12.7 Å². The Labute approximate surface area is 132 Å². The Kier molecular flexibility index (Phi) is 4.78. The molecule has 0 radical (unpaired) electrons. The van der Waals surface area contributed by atoms with E-state index < -0.39 is 0 Å². The lowest BCUT2D eigenvalue weighted by Crippen LogP contribution is -2.60. The van der Waals surface area contributed by atoms with E-state index in [2.05, 4.69) is 23.2 Å². The number of aliphatic hydroxyl groups excluding tert-OH is 1. The van der Waals surface area contributed by atoms with Crippen molar-refractivity contribution in [1.29, 1.82) is 5.26 Å². The molecule has 114 valence electrons. The number of nitrogens with one attached hydrogen (secondary N) is 1. The summed E-state index contributed by atoms with van der Waals surface area (Å²) in [6.07, 6.45) is 6.45. The quantitative estimate of drug-likeness (QED) is 0.824. The largest absolute Gasteiger partial charge is 0.395 e. The highest BCUT2D eigenvalue weighted by Gasteiger charge is 2.40. The fraction of sp³-hybridized carbons (Fsp3) is 0.526. The molecule has 2 aliphatic rings. The number of rotatable bonds is 2. The number of nitrogens with zero attached hydrogens (tertiary/aromatic N) is 1. The molecule has 3 atom stereocenters. The Bertz CT molecular complexity index is 599. The van der Waals surface area contributed by atoms with Gasteiger partial charge in [-0.3, -0.25) is 5.32 Å². The summed E-state index contributed by atoms with van der Waals surface area (Å²) in [6.45, 7) is 0.0616. The molecule has 0 aromatic heterocycles. The van der Waals surface area contributed by atoms with Crippen LogP contribution < -0.4 is 5.32 Å². The van der Waals surface area contributed by atoms with E-state index in [4.69, 9.17) is 5.26 Å². The smallest absolute Gasteiger partial charge is 0.104 e. The minimum Gasteiger partial charge on any atom is -0.395 e. The zero-order chi connectivity index (χ0) is 15.4. The molecule has 1 saturated heterocycles. The summed E-state index contributed by atoms with van der Waals surface area (Å²) >= 11 is 0. The third-order valence-corrected chi connectivity index (χ3v) is 4.84. The normalized spacial score (nSPS) is 28.1. The minimum atomic E-state index is -0.198. The van der Waals surface area contributed by atoms with Gasteiger partial charge in [0.1, 0.15) is 6.04 Å². The highest BCUT2D eigenvalue weighted by Crippen LogP contribution is 2.31. The molecule has 1 aromatic rings. The molecule has 1 aliphatic heterocycles. The first-order valence-corrected chi connectivity index (χ1v) is 8.20. The zero-order valence-corrected chi connectivity index (χ0v) is 12.8. The van der Waals surface area contributed by atoms with Gasteiger partial charge in [0.2, 0.25) is 0 Å². The van der Waals surface area contributed by atoms with E-state index in [0.29, 0.717) is 5.92 Å². The zero-order valence-electron chi connectivity index (χ0n) is 12.8. The van der Waals surface area contributed by atoms with Gasteiger partial charge in [-0.2, -0.15) is 5.26 Å². The summed E-state index contributed by atoms with van der Waals surface area (Å²) in [5.74, 6) is 7.33. The van der Waals surface area contributed by atoms with Crippen molar-refractivity contribution in [3.63, 3.8) is 0 Å². The summed E-state index contributed by atoms with van der Waals surface area (Å²) in [6, 6.07) is 10.2. The number of aliphatic hydroxyl groups is 1. The fourth-order valence-electron chi connectivity index (χ4n) is 3.48. The molecule has 1 heterocycles. The van der Waals surface area contributed by atoms with Crippen LogP contribution in [0.2, 0.25) is 0 Å². The standard InChI is InChI=1S/C19H22N2O/c20-12-17-19(18(13-22)21-17)16-10-8-15(9-11-16)7-6-14-4-2-1-3-5-14/h8-11,14,17-19,21-22H,1-5,13H2/t17-,18-,19-/m0/s1. The number of nitriles is 1. The highest BCUT2D eigenvalue weighted by atomic mass is 16.3. The maximum Gasteiger partial charge on any atom is 0.104 e. The summed E-state index contributed by atoms with van der Waals surface area (Å²) in [5.41, 5.74) is 2.14. The lowest BCUT2D eigenvalue weighted by Gasteiger charge is -2.41. The van der Waals surface area contributed by atoms with E-state index in [-0.39, 0.29) is 24.6 Å². The van der Waals surface area contributed by atoms with Gasteiger partial charge in [-0.05, 0) is 30.5 Å². The van der Waals surface area contributed by atoms with Crippen molar-refractivity contribution in [2.75, 3.05) is 6.61 Å². The Hall–Kier alpha value is -1.81. The maximum atomic E-state index is 9.32. The van der Waals surface area contributed by atoms with Crippen LogP contribution in [-0.4, -0.2) is 23.8 Å². The average Bonchev–Trinajstić information content (AvgIpc) is 2.55. The second kappa shape index (κ2) is 6.97. The van der Waals surface area contributed by atoms with E-state index in [0.717, 1.165) is 11.1 Å². The van der Waals surface area contributed by atoms with Gasteiger partial charge in [0.15, 0.2) is 0 Å². The van der Waals surface area contributed by atoms with Gasteiger partial charge >= 0.3 is 0 Å². The number of hydrogen-bond donors (Lipinski definition) is 2. The van der Waals surface area contributed by atoms with Crippen LogP contribution in [0.4, 0.5) is 0 Å². The fourth-order valence-corrected chi connectivity index (χ4v) is 3.48. The summed E-state index contributed by atoms with van der Waals surface area (Å²) in [7, 11) is 0. The molecular formula is C19H22N2O. The molecule has 0 amide bonds. The topological polar surface area (TPSA) is 56.0 Å². The lowest BCUT2D eigenvalue weighted by atomic mass is 9.78. The van der Waals surface area contributed by atoms with Crippen molar-refractivity contribution >= 4 is 0 Å². The second-order valence-electron chi connectivity index (χ2n) is 6.31. The van der Waals surface area contributed by atoms with Crippen molar-refractivity contribution in [3.05, 3.63) is 35.4 Å². The van der Waals surface area contributed by atoms with Crippen LogP contribution >= 0.6 is 0 Å². The Morgan fingerprint density at radius 1 is 1.14 bits per heavy atom. The van der Waals surface area contributed by atoms with Crippen LogP contribution in [0.5, 0.6) is 0 Å². The first-order valence-electron chi connectivity index (χ1n) is 8.20. The molecular weight excluding hydrogens is 272 g/mol. The Balaban J connectivity index is 1.68. The molecule has 1 aliphatic carbocycles. The molecule has 1 saturated carbocycles. The Morgan fingerprint density at radius 3 is 2.50 bits per heavy atom. The van der Waals surface area contributed by atoms with Crippen LogP contribution in [0, 0.1) is 29.1 Å². The number of hydrogen-bond acceptors (Lipinski definition) is 3. The van der Waals surface area contributed by atoms with Gasteiger partial charge in [-0.15, -0.1) is 0 Å². The van der Waals surface area contributed by atoms with Crippen molar-refractivity contribution in [1.82, 2.24) is 5.32 Å². The number of benzene rings is 1. The van der Waals surface area contributed by atoms with Gasteiger partial charge in [0, 0.05) is 23.4 Å². The molecule has 2 fully saturated rings. The van der Waals surface area contributed by atoms with Gasteiger partial charge in [-0.25, -0.2) is 0 Å². The molecule has 22 heavy (non-hydrogen) atoms. The van der Waals surface area contributed by atoms with Gasteiger partial charge in [-0.1, -0.05) is 43.2 Å². The van der Waals surface area contributed by atoms with Crippen molar-refractivity contribution in [2.24, 2.45) is 5.92 Å². The predicted octanol–water partition coefficient (Wildman–Crippen LogP) is 2.56. The summed E-state index contributed by atoms with van der Waals surface area (Å²) < 4.78 is 0. The average molecular weight is 294 g/mol. The molecule has 0 bridgehead atoms. The molecule has 1 aromatic carbocycles.